The highest BCUT2D eigenvalue weighted by atomic mass is 16.7. The van der Waals surface area contributed by atoms with Crippen LogP contribution < -0.4 is 0 Å². The van der Waals surface area contributed by atoms with Crippen LogP contribution in [0.15, 0.2) is 0 Å². The molecule has 0 amide bonds. The Morgan fingerprint density at radius 3 is 2.29 bits per heavy atom. The average molecular weight is 581 g/mol. The zero-order chi connectivity index (χ0) is 29.1. The summed E-state index contributed by atoms with van der Waals surface area (Å²) >= 11 is 0. The van der Waals surface area contributed by atoms with Crippen molar-refractivity contribution in [1.29, 1.82) is 0 Å². The fraction of sp³-hybridized carbons (Fsp3) is 1.00. The molecule has 0 aromatic carbocycles. The first-order chi connectivity index (χ1) is 19.4. The van der Waals surface area contributed by atoms with E-state index >= 15 is 0 Å². The van der Waals surface area contributed by atoms with Crippen LogP contribution in [0.4, 0.5) is 0 Å². The Labute approximate surface area is 243 Å². The van der Waals surface area contributed by atoms with Crippen LogP contribution in [0.25, 0.3) is 0 Å². The van der Waals surface area contributed by atoms with Gasteiger partial charge in [0.25, 0.3) is 0 Å². The minimum Gasteiger partial charge on any atom is -0.390 e. The third-order valence-corrected chi connectivity index (χ3v) is 13.8. The molecule has 7 rings (SSSR count). The molecular formula is C32H52O9. The molecule has 4 saturated carbocycles. The maximum absolute atomic E-state index is 11.4. The average Bonchev–Trinajstić information content (AvgIpc) is 3.39. The zero-order valence-electron chi connectivity index (χ0n) is 25.1. The molecule has 3 aliphatic heterocycles. The van der Waals surface area contributed by atoms with Gasteiger partial charge in [-0.3, -0.25) is 0 Å². The summed E-state index contributed by atoms with van der Waals surface area (Å²) in [5.41, 5.74) is -0.266. The van der Waals surface area contributed by atoms with Crippen LogP contribution in [0.3, 0.4) is 0 Å². The maximum Gasteiger partial charge on any atom is 0.186 e. The van der Waals surface area contributed by atoms with E-state index < -0.39 is 54.1 Å². The molecular weight excluding hydrogens is 528 g/mol. The lowest BCUT2D eigenvalue weighted by Gasteiger charge is -2.64. The van der Waals surface area contributed by atoms with Crippen molar-refractivity contribution in [2.45, 2.75) is 134 Å². The molecule has 9 heteroatoms. The molecule has 0 aromatic rings. The lowest BCUT2D eigenvalue weighted by molar-refractivity contribution is -0.328. The van der Waals surface area contributed by atoms with Gasteiger partial charge in [-0.2, -0.15) is 0 Å². The SMILES string of the molecule is C[C@@H]1CC[C@@]2(OC1)OC1CC3[C@@H]4CC[C@@H]5C[C@H](O)[C@@H](O)[C@@H](O[C@@H]6OC[C@H](O)[C@H](O)[C@H]6O)[C@]5(C)C4CC[C@]3(C)C1[C@@H]2C. The number of hydrogen-bond acceptors (Lipinski definition) is 9. The summed E-state index contributed by atoms with van der Waals surface area (Å²) in [6.45, 7) is 9.96. The molecule has 18 atom stereocenters. The summed E-state index contributed by atoms with van der Waals surface area (Å²) in [5.74, 6) is 2.40. The maximum atomic E-state index is 11.4. The summed E-state index contributed by atoms with van der Waals surface area (Å²) < 4.78 is 25.4. The van der Waals surface area contributed by atoms with Crippen molar-refractivity contribution in [3.8, 4) is 0 Å². The molecule has 234 valence electrons. The number of aliphatic hydroxyl groups excluding tert-OH is 5. The summed E-state index contributed by atoms with van der Waals surface area (Å²) in [5, 5.41) is 53.2. The van der Waals surface area contributed by atoms with Gasteiger partial charge in [0.15, 0.2) is 12.1 Å². The van der Waals surface area contributed by atoms with Crippen LogP contribution in [0.1, 0.15) is 79.1 Å². The number of ether oxygens (including phenoxy) is 4. The highest BCUT2D eigenvalue weighted by Crippen LogP contribution is 2.71. The van der Waals surface area contributed by atoms with E-state index in [0.29, 0.717) is 36.0 Å². The first-order valence-electron chi connectivity index (χ1n) is 16.4. The van der Waals surface area contributed by atoms with Crippen LogP contribution in [0, 0.1) is 52.3 Å². The van der Waals surface area contributed by atoms with E-state index in [1.54, 1.807) is 0 Å². The Morgan fingerprint density at radius 1 is 0.780 bits per heavy atom. The van der Waals surface area contributed by atoms with E-state index in [4.69, 9.17) is 18.9 Å². The van der Waals surface area contributed by atoms with Gasteiger partial charge in [-0.15, -0.1) is 0 Å². The third-order valence-electron chi connectivity index (χ3n) is 13.8. The monoisotopic (exact) mass is 580 g/mol. The van der Waals surface area contributed by atoms with Crippen molar-refractivity contribution in [2.75, 3.05) is 13.2 Å². The van der Waals surface area contributed by atoms with Crippen molar-refractivity contribution in [1.82, 2.24) is 0 Å². The molecule has 5 N–H and O–H groups in total. The minimum atomic E-state index is -1.44. The topological polar surface area (TPSA) is 138 Å². The second kappa shape index (κ2) is 10.1. The van der Waals surface area contributed by atoms with Crippen molar-refractivity contribution in [3.05, 3.63) is 0 Å². The molecule has 4 unspecified atom stereocenters. The van der Waals surface area contributed by atoms with E-state index in [0.717, 1.165) is 51.6 Å². The van der Waals surface area contributed by atoms with Crippen molar-refractivity contribution in [2.24, 2.45) is 52.3 Å². The first kappa shape index (κ1) is 29.4. The predicted octanol–water partition coefficient (Wildman–Crippen LogP) is 2.20. The number of aliphatic hydroxyl groups is 5. The van der Waals surface area contributed by atoms with Gasteiger partial charge >= 0.3 is 0 Å². The van der Waals surface area contributed by atoms with Crippen LogP contribution >= 0.6 is 0 Å². The fourth-order valence-corrected chi connectivity index (χ4v) is 11.6. The number of hydrogen-bond donors (Lipinski definition) is 5. The second-order valence-corrected chi connectivity index (χ2v) is 15.6. The van der Waals surface area contributed by atoms with Crippen LogP contribution in [-0.4, -0.2) is 93.6 Å². The zero-order valence-corrected chi connectivity index (χ0v) is 25.1. The summed E-state index contributed by atoms with van der Waals surface area (Å²) in [7, 11) is 0. The van der Waals surface area contributed by atoms with Crippen molar-refractivity contribution < 1.29 is 44.5 Å². The van der Waals surface area contributed by atoms with Crippen LogP contribution in [-0.2, 0) is 18.9 Å². The highest BCUT2D eigenvalue weighted by molar-refractivity contribution is 5.17. The van der Waals surface area contributed by atoms with Crippen molar-refractivity contribution >= 4 is 0 Å². The van der Waals surface area contributed by atoms with E-state index in [9.17, 15) is 25.5 Å². The van der Waals surface area contributed by atoms with Gasteiger partial charge in [-0.25, -0.2) is 0 Å². The van der Waals surface area contributed by atoms with Gasteiger partial charge in [0.05, 0.1) is 31.5 Å². The standard InChI is InChI=1S/C32H52O9/c1-15-7-10-32(39-13-15)16(2)24-23(41-32)12-20-18-6-5-17-11-21(33)26(36)28(31(17,4)19(18)8-9-30(20,24)3)40-29-27(37)25(35)22(34)14-38-29/h15-29,33-37H,5-14H2,1-4H3/t15-,16+,17-,18-,19?,20?,21+,22+,23?,24?,25+,26-,27-,28-,29+,30+,31+,32-/m1/s1. The normalized spacial score (nSPS) is 62.1. The smallest absolute Gasteiger partial charge is 0.186 e. The molecule has 3 heterocycles. The minimum absolute atomic E-state index is 0.161. The molecule has 7 fully saturated rings. The Balaban J connectivity index is 1.15. The highest BCUT2D eigenvalue weighted by Gasteiger charge is 2.70. The van der Waals surface area contributed by atoms with E-state index in [2.05, 4.69) is 27.7 Å². The Bertz CT molecular complexity index is 986. The Kier molecular flexibility index (Phi) is 7.21. The van der Waals surface area contributed by atoms with Gasteiger partial charge in [0, 0.05) is 17.8 Å². The van der Waals surface area contributed by atoms with Gasteiger partial charge in [-0.05, 0) is 85.9 Å². The molecule has 1 spiro atoms. The van der Waals surface area contributed by atoms with Gasteiger partial charge in [0.2, 0.25) is 0 Å². The van der Waals surface area contributed by atoms with Gasteiger partial charge < -0.3 is 44.5 Å². The number of fused-ring (bicyclic) bond motifs is 7. The van der Waals surface area contributed by atoms with Crippen molar-refractivity contribution in [3.63, 3.8) is 0 Å². The number of rotatable bonds is 2. The predicted molar refractivity (Wildman–Crippen MR) is 147 cm³/mol. The largest absolute Gasteiger partial charge is 0.390 e. The molecule has 3 saturated heterocycles. The van der Waals surface area contributed by atoms with E-state index in [1.165, 1.54) is 0 Å². The van der Waals surface area contributed by atoms with Crippen LogP contribution in [0.5, 0.6) is 0 Å². The van der Waals surface area contributed by atoms with Crippen LogP contribution in [0.2, 0.25) is 0 Å². The summed E-state index contributed by atoms with van der Waals surface area (Å²) in [6, 6.07) is 0. The fourth-order valence-electron chi connectivity index (χ4n) is 11.6. The third kappa shape index (κ3) is 4.13. The Morgan fingerprint density at radius 2 is 1.56 bits per heavy atom. The molecule has 41 heavy (non-hydrogen) atoms. The molecule has 4 aliphatic carbocycles. The Hall–Kier alpha value is -0.360. The molecule has 0 radical (unpaired) electrons. The first-order valence-corrected chi connectivity index (χ1v) is 16.4. The van der Waals surface area contributed by atoms with Gasteiger partial charge in [0.1, 0.15) is 24.4 Å². The van der Waals surface area contributed by atoms with E-state index in [1.807, 2.05) is 0 Å². The summed E-state index contributed by atoms with van der Waals surface area (Å²) in [4.78, 5) is 0. The van der Waals surface area contributed by atoms with E-state index in [-0.39, 0.29) is 30.0 Å². The lowest BCUT2D eigenvalue weighted by atomic mass is 9.43. The van der Waals surface area contributed by atoms with Gasteiger partial charge in [-0.1, -0.05) is 27.7 Å². The molecule has 0 bridgehead atoms. The molecule has 9 nitrogen and oxygen atoms in total. The summed E-state index contributed by atoms with van der Waals surface area (Å²) in [6.07, 6.45) is 0.0615. The quantitative estimate of drug-likeness (QED) is 0.333. The lowest BCUT2D eigenvalue weighted by Crippen LogP contribution is -2.66. The molecule has 0 aromatic heterocycles. The second-order valence-electron chi connectivity index (χ2n) is 15.6. The molecule has 7 aliphatic rings.